The predicted octanol–water partition coefficient (Wildman–Crippen LogP) is 7.00. The van der Waals surface area contributed by atoms with Gasteiger partial charge in [0.1, 0.15) is 17.8 Å². The van der Waals surface area contributed by atoms with E-state index in [0.717, 1.165) is 25.7 Å². The summed E-state index contributed by atoms with van der Waals surface area (Å²) in [6.45, 7) is 9.16. The van der Waals surface area contributed by atoms with Crippen LogP contribution in [0.4, 0.5) is 0 Å². The Balaban J connectivity index is 5.13. The normalized spacial score (nSPS) is 15.8. The molecule has 3 unspecified atom stereocenters. The number of rotatable bonds is 25. The maximum atomic E-state index is 11.9. The van der Waals surface area contributed by atoms with E-state index in [1.165, 1.54) is 44.9 Å². The van der Waals surface area contributed by atoms with Gasteiger partial charge in [0.2, 0.25) is 0 Å². The third-order valence-corrected chi connectivity index (χ3v) is 7.72. The van der Waals surface area contributed by atoms with Gasteiger partial charge >= 0.3 is 17.9 Å². The second-order valence-electron chi connectivity index (χ2n) is 10.8. The molecule has 7 heteroatoms. The first-order chi connectivity index (χ1) is 17.7. The minimum Gasteiger partial charge on any atom is -0.481 e. The van der Waals surface area contributed by atoms with Gasteiger partial charge in [-0.2, -0.15) is 0 Å². The van der Waals surface area contributed by atoms with E-state index in [2.05, 4.69) is 19.1 Å². The molecule has 0 aliphatic rings. The Hall–Kier alpha value is -1.89. The predicted molar refractivity (Wildman–Crippen MR) is 150 cm³/mol. The molecule has 0 saturated carbocycles. The number of aliphatic carboxylic acids is 3. The van der Waals surface area contributed by atoms with E-state index in [0.29, 0.717) is 25.8 Å². The van der Waals surface area contributed by atoms with Crippen molar-refractivity contribution in [2.45, 2.75) is 118 Å². The van der Waals surface area contributed by atoms with Gasteiger partial charge in [0.15, 0.2) is 0 Å². The van der Waals surface area contributed by atoms with Crippen LogP contribution < -0.4 is 0 Å². The lowest BCUT2D eigenvalue weighted by Gasteiger charge is -2.43. The van der Waals surface area contributed by atoms with Crippen LogP contribution >= 0.6 is 0 Å². The van der Waals surface area contributed by atoms with Crippen molar-refractivity contribution in [3.8, 4) is 0 Å². The smallest absolute Gasteiger partial charge is 0.312 e. The first-order valence-electron chi connectivity index (χ1n) is 14.8. The summed E-state index contributed by atoms with van der Waals surface area (Å²) >= 11 is 0. The summed E-state index contributed by atoms with van der Waals surface area (Å²) < 4.78 is 0.256. The number of carbonyl (C=O) groups is 3. The zero-order chi connectivity index (χ0) is 28.1. The molecule has 0 rings (SSSR count). The first-order valence-corrected chi connectivity index (χ1v) is 14.8. The van der Waals surface area contributed by atoms with Gasteiger partial charge in [-0.15, -0.1) is 0 Å². The highest BCUT2D eigenvalue weighted by atomic mass is 16.4. The van der Waals surface area contributed by atoms with E-state index in [1.807, 2.05) is 20.8 Å². The number of hydrogen-bond donors (Lipinski definition) is 3. The average molecular weight is 527 g/mol. The Morgan fingerprint density at radius 1 is 0.568 bits per heavy atom. The van der Waals surface area contributed by atoms with Crippen LogP contribution in [0.1, 0.15) is 118 Å². The van der Waals surface area contributed by atoms with Gasteiger partial charge < -0.3 is 19.8 Å². The van der Waals surface area contributed by atoms with E-state index in [4.69, 9.17) is 0 Å². The Kier molecular flexibility index (Phi) is 20.0. The fraction of sp³-hybridized carbons (Fsp3) is 0.833. The van der Waals surface area contributed by atoms with Crippen LogP contribution in [-0.4, -0.2) is 63.9 Å². The number of unbranched alkanes of at least 4 members (excludes halogenated alkanes) is 9. The number of allylic oxidation sites excluding steroid dienone is 2. The van der Waals surface area contributed by atoms with Crippen molar-refractivity contribution in [3.05, 3.63) is 12.2 Å². The molecule has 0 fully saturated rings. The van der Waals surface area contributed by atoms with Crippen molar-refractivity contribution in [1.29, 1.82) is 0 Å². The molecule has 0 radical (unpaired) electrons. The molecular weight excluding hydrogens is 470 g/mol. The topological polar surface area (TPSA) is 112 Å². The number of nitrogens with zero attached hydrogens (tertiary/aromatic N) is 1. The van der Waals surface area contributed by atoms with Gasteiger partial charge in [-0.3, -0.25) is 14.4 Å². The molecule has 0 aromatic rings. The van der Waals surface area contributed by atoms with Gasteiger partial charge in [0.05, 0.1) is 26.2 Å². The number of carboxylic acids is 3. The van der Waals surface area contributed by atoms with Crippen molar-refractivity contribution < 1.29 is 34.2 Å². The summed E-state index contributed by atoms with van der Waals surface area (Å²) in [5.74, 6) is -4.52. The zero-order valence-electron chi connectivity index (χ0n) is 24.1. The van der Waals surface area contributed by atoms with E-state index in [1.54, 1.807) is 0 Å². The molecule has 0 aliphatic carbocycles. The fourth-order valence-corrected chi connectivity index (χ4v) is 5.22. The number of carboxylic acid groups (broad SMARTS) is 3. The SMILES string of the molecule is CCC/C=C/CCCCCCCCCC[N+](CC(CC)C(=O)O)(CC(CC)C(=O)O)CC(CC)C(=O)O. The standard InChI is InChI=1S/C30H55NO6/c1-5-9-10-11-12-13-14-15-16-17-18-19-20-21-31(22-25(6-2)28(32)33,23-26(7-3)29(34)35)24-27(8-4)30(36)37/h10-11,25-27H,5-9,12-24H2,1-4H3,(H2-,32,33,34,35,36,37)/p+1/b11-10+. The Bertz CT molecular complexity index is 603. The summed E-state index contributed by atoms with van der Waals surface area (Å²) in [4.78, 5) is 35.8. The molecule has 0 heterocycles. The van der Waals surface area contributed by atoms with Crippen LogP contribution in [-0.2, 0) is 14.4 Å². The summed E-state index contributed by atoms with van der Waals surface area (Å²) in [5, 5.41) is 29.3. The van der Waals surface area contributed by atoms with E-state index >= 15 is 0 Å². The van der Waals surface area contributed by atoms with E-state index in [-0.39, 0.29) is 24.1 Å². The van der Waals surface area contributed by atoms with Gasteiger partial charge in [-0.25, -0.2) is 0 Å². The molecule has 3 atom stereocenters. The van der Waals surface area contributed by atoms with E-state index in [9.17, 15) is 29.7 Å². The average Bonchev–Trinajstić information content (AvgIpc) is 2.86. The number of hydrogen-bond acceptors (Lipinski definition) is 3. The molecule has 3 N–H and O–H groups in total. The highest BCUT2D eigenvalue weighted by molar-refractivity contribution is 5.71. The Morgan fingerprint density at radius 3 is 1.27 bits per heavy atom. The molecule has 0 saturated heterocycles. The molecule has 0 amide bonds. The van der Waals surface area contributed by atoms with Gasteiger partial charge in [0.25, 0.3) is 0 Å². The van der Waals surface area contributed by atoms with Gasteiger partial charge in [0, 0.05) is 0 Å². The molecule has 0 aliphatic heterocycles. The second-order valence-corrected chi connectivity index (χ2v) is 10.8. The van der Waals surface area contributed by atoms with Crippen molar-refractivity contribution in [2.75, 3.05) is 26.2 Å². The molecule has 0 bridgehead atoms. The maximum Gasteiger partial charge on any atom is 0.312 e. The summed E-state index contributed by atoms with van der Waals surface area (Å²) in [6, 6.07) is 0. The van der Waals surface area contributed by atoms with Gasteiger partial charge in [-0.05, 0) is 51.4 Å². The third-order valence-electron chi connectivity index (χ3n) is 7.72. The monoisotopic (exact) mass is 526 g/mol. The fourth-order valence-electron chi connectivity index (χ4n) is 5.22. The Labute approximate surface area is 225 Å². The number of quaternary nitrogens is 1. The molecule has 216 valence electrons. The first kappa shape index (κ1) is 35.1. The molecular formula is C30H56NO6+. The summed E-state index contributed by atoms with van der Waals surface area (Å²) in [6.07, 6.45) is 18.5. The van der Waals surface area contributed by atoms with Crippen molar-refractivity contribution in [1.82, 2.24) is 0 Å². The van der Waals surface area contributed by atoms with Crippen molar-refractivity contribution in [3.63, 3.8) is 0 Å². The lowest BCUT2D eigenvalue weighted by atomic mass is 9.95. The summed E-state index contributed by atoms with van der Waals surface area (Å²) in [7, 11) is 0. The largest absolute Gasteiger partial charge is 0.481 e. The minimum absolute atomic E-state index is 0.256. The minimum atomic E-state index is -0.891. The van der Waals surface area contributed by atoms with Crippen molar-refractivity contribution in [2.24, 2.45) is 17.8 Å². The molecule has 0 aromatic carbocycles. The molecule has 37 heavy (non-hydrogen) atoms. The summed E-state index contributed by atoms with van der Waals surface area (Å²) in [5.41, 5.74) is 0. The van der Waals surface area contributed by atoms with Gasteiger partial charge in [-0.1, -0.05) is 78.4 Å². The van der Waals surface area contributed by atoms with Crippen LogP contribution in [0.3, 0.4) is 0 Å². The van der Waals surface area contributed by atoms with Crippen LogP contribution in [0.25, 0.3) is 0 Å². The quantitative estimate of drug-likeness (QED) is 0.0670. The molecule has 7 nitrogen and oxygen atoms in total. The maximum absolute atomic E-state index is 11.9. The van der Waals surface area contributed by atoms with Crippen LogP contribution in [0.5, 0.6) is 0 Å². The second kappa shape index (κ2) is 21.1. The zero-order valence-corrected chi connectivity index (χ0v) is 24.1. The van der Waals surface area contributed by atoms with Crippen LogP contribution in [0, 0.1) is 17.8 Å². The third kappa shape index (κ3) is 15.8. The lowest BCUT2D eigenvalue weighted by Crippen LogP contribution is -2.58. The Morgan fingerprint density at radius 2 is 0.919 bits per heavy atom. The van der Waals surface area contributed by atoms with E-state index < -0.39 is 35.7 Å². The highest BCUT2D eigenvalue weighted by Gasteiger charge is 2.40. The van der Waals surface area contributed by atoms with Crippen LogP contribution in [0.2, 0.25) is 0 Å². The highest BCUT2D eigenvalue weighted by Crippen LogP contribution is 2.25. The molecule has 0 aromatic heterocycles. The van der Waals surface area contributed by atoms with Crippen LogP contribution in [0.15, 0.2) is 12.2 Å². The lowest BCUT2D eigenvalue weighted by molar-refractivity contribution is -0.935. The van der Waals surface area contributed by atoms with Crippen molar-refractivity contribution >= 4 is 17.9 Å². The molecule has 0 spiro atoms.